The van der Waals surface area contributed by atoms with Crippen LogP contribution in [0.1, 0.15) is 32.6 Å². The van der Waals surface area contributed by atoms with Crippen molar-refractivity contribution in [1.82, 2.24) is 0 Å². The number of ether oxygens (including phenoxy) is 1. The summed E-state index contributed by atoms with van der Waals surface area (Å²) in [6.07, 6.45) is 3.32. The van der Waals surface area contributed by atoms with Crippen LogP contribution < -0.4 is 0 Å². The van der Waals surface area contributed by atoms with Gasteiger partial charge >= 0.3 is 5.97 Å². The van der Waals surface area contributed by atoms with Gasteiger partial charge in [0.2, 0.25) is 0 Å². The molecule has 2 saturated carbocycles. The molecule has 0 aromatic heterocycles. The third-order valence-corrected chi connectivity index (χ3v) is 3.49. The van der Waals surface area contributed by atoms with Gasteiger partial charge in [0.25, 0.3) is 0 Å². The SMILES string of the molecule is CCOC(=O)[C@@H]1C[C@H]2CCC(=O)[C@H]2C1. The Morgan fingerprint density at radius 1 is 1.50 bits per heavy atom. The lowest BCUT2D eigenvalue weighted by Gasteiger charge is -2.08. The van der Waals surface area contributed by atoms with Gasteiger partial charge in [-0.15, -0.1) is 0 Å². The lowest BCUT2D eigenvalue weighted by molar-refractivity contribution is -0.148. The number of fused-ring (bicyclic) bond motifs is 1. The van der Waals surface area contributed by atoms with Gasteiger partial charge in [0, 0.05) is 12.3 Å². The fraction of sp³-hybridized carbons (Fsp3) is 0.818. The van der Waals surface area contributed by atoms with Crippen molar-refractivity contribution in [2.75, 3.05) is 6.61 Å². The first-order valence-electron chi connectivity index (χ1n) is 5.41. The predicted octanol–water partition coefficient (Wildman–Crippen LogP) is 1.55. The molecule has 0 bridgehead atoms. The minimum absolute atomic E-state index is 0.00537. The molecule has 3 nitrogen and oxygen atoms in total. The van der Waals surface area contributed by atoms with Crippen molar-refractivity contribution in [3.05, 3.63) is 0 Å². The van der Waals surface area contributed by atoms with Crippen molar-refractivity contribution in [3.63, 3.8) is 0 Å². The second kappa shape index (κ2) is 3.71. The molecule has 0 aliphatic heterocycles. The van der Waals surface area contributed by atoms with E-state index in [1.807, 2.05) is 6.92 Å². The number of hydrogen-bond acceptors (Lipinski definition) is 3. The van der Waals surface area contributed by atoms with E-state index in [1.54, 1.807) is 0 Å². The van der Waals surface area contributed by atoms with E-state index in [-0.39, 0.29) is 17.8 Å². The molecule has 0 amide bonds. The Labute approximate surface area is 83.8 Å². The topological polar surface area (TPSA) is 43.4 Å². The molecule has 78 valence electrons. The first kappa shape index (κ1) is 9.69. The highest BCUT2D eigenvalue weighted by molar-refractivity contribution is 5.85. The van der Waals surface area contributed by atoms with Crippen LogP contribution in [0.2, 0.25) is 0 Å². The molecule has 0 N–H and O–H groups in total. The Balaban J connectivity index is 1.95. The summed E-state index contributed by atoms with van der Waals surface area (Å²) in [5, 5.41) is 0. The average molecular weight is 196 g/mol. The third-order valence-electron chi connectivity index (χ3n) is 3.49. The van der Waals surface area contributed by atoms with E-state index in [9.17, 15) is 9.59 Å². The summed E-state index contributed by atoms with van der Waals surface area (Å²) in [5.41, 5.74) is 0. The Kier molecular flexibility index (Phi) is 2.57. The number of Topliss-reactive ketones (excluding diaryl/α,β-unsaturated/α-hetero) is 1. The Morgan fingerprint density at radius 3 is 2.93 bits per heavy atom. The monoisotopic (exact) mass is 196 g/mol. The standard InChI is InChI=1S/C11H16O3/c1-2-14-11(13)8-5-7-3-4-10(12)9(7)6-8/h7-9H,2-6H2,1H3/t7-,8-,9+/m1/s1. The molecule has 2 aliphatic carbocycles. The highest BCUT2D eigenvalue weighted by Crippen LogP contribution is 2.45. The van der Waals surface area contributed by atoms with Gasteiger partial charge in [-0.05, 0) is 32.1 Å². The summed E-state index contributed by atoms with van der Waals surface area (Å²) in [6, 6.07) is 0. The summed E-state index contributed by atoms with van der Waals surface area (Å²) in [6.45, 7) is 2.26. The molecule has 3 heteroatoms. The molecular weight excluding hydrogens is 180 g/mol. The molecule has 2 fully saturated rings. The van der Waals surface area contributed by atoms with E-state index < -0.39 is 0 Å². The molecule has 0 heterocycles. The Bertz CT molecular complexity index is 259. The van der Waals surface area contributed by atoms with Crippen molar-refractivity contribution in [2.24, 2.45) is 17.8 Å². The van der Waals surface area contributed by atoms with E-state index in [4.69, 9.17) is 4.74 Å². The zero-order chi connectivity index (χ0) is 10.1. The van der Waals surface area contributed by atoms with Crippen molar-refractivity contribution < 1.29 is 14.3 Å². The van der Waals surface area contributed by atoms with Gasteiger partial charge in [-0.25, -0.2) is 0 Å². The zero-order valence-corrected chi connectivity index (χ0v) is 8.49. The smallest absolute Gasteiger partial charge is 0.308 e. The van der Waals surface area contributed by atoms with Crippen LogP contribution in [0, 0.1) is 17.8 Å². The third kappa shape index (κ3) is 1.56. The summed E-state index contributed by atoms with van der Waals surface area (Å²) >= 11 is 0. The maximum Gasteiger partial charge on any atom is 0.308 e. The van der Waals surface area contributed by atoms with E-state index in [0.717, 1.165) is 25.7 Å². The van der Waals surface area contributed by atoms with Gasteiger partial charge in [-0.2, -0.15) is 0 Å². The highest BCUT2D eigenvalue weighted by atomic mass is 16.5. The van der Waals surface area contributed by atoms with Crippen molar-refractivity contribution in [3.8, 4) is 0 Å². The maximum atomic E-state index is 11.4. The molecule has 0 aromatic rings. The number of carbonyl (C=O) groups is 2. The van der Waals surface area contributed by atoms with Gasteiger partial charge in [-0.3, -0.25) is 9.59 Å². The molecule has 0 saturated heterocycles. The summed E-state index contributed by atoms with van der Waals surface area (Å²) in [4.78, 5) is 22.9. The van der Waals surface area contributed by atoms with Gasteiger partial charge in [-0.1, -0.05) is 0 Å². The molecule has 0 radical (unpaired) electrons. The Morgan fingerprint density at radius 2 is 2.29 bits per heavy atom. The minimum atomic E-state index is -0.102. The average Bonchev–Trinajstić information content (AvgIpc) is 2.69. The number of rotatable bonds is 2. The molecule has 14 heavy (non-hydrogen) atoms. The van der Waals surface area contributed by atoms with Crippen LogP contribution >= 0.6 is 0 Å². The maximum absolute atomic E-state index is 11.4. The van der Waals surface area contributed by atoms with Crippen molar-refractivity contribution >= 4 is 11.8 Å². The number of hydrogen-bond donors (Lipinski definition) is 0. The lowest BCUT2D eigenvalue weighted by Crippen LogP contribution is -2.16. The van der Waals surface area contributed by atoms with E-state index >= 15 is 0 Å². The summed E-state index contributed by atoms with van der Waals surface area (Å²) in [7, 11) is 0. The van der Waals surface area contributed by atoms with Gasteiger partial charge in [0.15, 0.2) is 0 Å². The van der Waals surface area contributed by atoms with Crippen LogP contribution in [0.4, 0.5) is 0 Å². The quantitative estimate of drug-likeness (QED) is 0.629. The summed E-state index contributed by atoms with van der Waals surface area (Å²) < 4.78 is 4.98. The van der Waals surface area contributed by atoms with Gasteiger partial charge in [0.05, 0.1) is 12.5 Å². The van der Waals surface area contributed by atoms with Crippen LogP contribution in [0.5, 0.6) is 0 Å². The second-order valence-electron chi connectivity index (χ2n) is 4.29. The molecule has 3 atom stereocenters. The van der Waals surface area contributed by atoms with E-state index in [1.165, 1.54) is 0 Å². The van der Waals surface area contributed by atoms with E-state index in [2.05, 4.69) is 0 Å². The molecular formula is C11H16O3. The van der Waals surface area contributed by atoms with Crippen LogP contribution in [-0.4, -0.2) is 18.4 Å². The van der Waals surface area contributed by atoms with E-state index in [0.29, 0.717) is 18.3 Å². The Hall–Kier alpha value is -0.860. The fourth-order valence-electron chi connectivity index (χ4n) is 2.80. The first-order chi connectivity index (χ1) is 6.72. The zero-order valence-electron chi connectivity index (χ0n) is 8.49. The molecule has 0 spiro atoms. The number of esters is 1. The summed E-state index contributed by atoms with van der Waals surface area (Å²) in [5.74, 6) is 0.895. The number of ketones is 1. The molecule has 2 aliphatic rings. The van der Waals surface area contributed by atoms with Crippen LogP contribution in [0.3, 0.4) is 0 Å². The minimum Gasteiger partial charge on any atom is -0.466 e. The normalized spacial score (nSPS) is 35.8. The first-order valence-corrected chi connectivity index (χ1v) is 5.41. The molecule has 0 aromatic carbocycles. The second-order valence-corrected chi connectivity index (χ2v) is 4.29. The van der Waals surface area contributed by atoms with Crippen LogP contribution in [-0.2, 0) is 14.3 Å². The lowest BCUT2D eigenvalue weighted by atomic mass is 10.0. The fourth-order valence-corrected chi connectivity index (χ4v) is 2.80. The largest absolute Gasteiger partial charge is 0.466 e. The van der Waals surface area contributed by atoms with Crippen molar-refractivity contribution in [2.45, 2.75) is 32.6 Å². The predicted molar refractivity (Wildman–Crippen MR) is 50.6 cm³/mol. The van der Waals surface area contributed by atoms with Crippen molar-refractivity contribution in [1.29, 1.82) is 0 Å². The van der Waals surface area contributed by atoms with Gasteiger partial charge in [0.1, 0.15) is 5.78 Å². The molecule has 2 rings (SSSR count). The highest BCUT2D eigenvalue weighted by Gasteiger charge is 2.45. The van der Waals surface area contributed by atoms with Crippen LogP contribution in [0.15, 0.2) is 0 Å². The number of carbonyl (C=O) groups excluding carboxylic acids is 2. The van der Waals surface area contributed by atoms with Gasteiger partial charge < -0.3 is 4.74 Å². The van der Waals surface area contributed by atoms with Crippen LogP contribution in [0.25, 0.3) is 0 Å². The molecule has 0 unspecified atom stereocenters.